The predicted molar refractivity (Wildman–Crippen MR) is 77.4 cm³/mol. The summed E-state index contributed by atoms with van der Waals surface area (Å²) in [5, 5.41) is 14.2. The number of anilines is 1. The molecule has 0 atom stereocenters. The van der Waals surface area contributed by atoms with Gasteiger partial charge in [0.05, 0.1) is 6.54 Å². The zero-order valence-corrected chi connectivity index (χ0v) is 11.8. The van der Waals surface area contributed by atoms with Crippen LogP contribution in [0.3, 0.4) is 0 Å². The number of rotatable bonds is 4. The number of hydrogen-bond acceptors (Lipinski definition) is 3. The molecule has 6 heteroatoms. The summed E-state index contributed by atoms with van der Waals surface area (Å²) >= 11 is 0. The Labute approximate surface area is 121 Å². The first-order valence-electron chi connectivity index (χ1n) is 6.40. The molecule has 6 nitrogen and oxygen atoms in total. The quantitative estimate of drug-likeness (QED) is 0.806. The van der Waals surface area contributed by atoms with Crippen molar-refractivity contribution in [3.05, 3.63) is 53.0 Å². The van der Waals surface area contributed by atoms with Crippen LogP contribution in [0.2, 0.25) is 0 Å². The number of carbonyl (C=O) groups excluding carboxylic acids is 1. The van der Waals surface area contributed by atoms with Gasteiger partial charge in [0.2, 0.25) is 0 Å². The molecule has 110 valence electrons. The fraction of sp³-hybridized carbons (Fsp3) is 0.200. The van der Waals surface area contributed by atoms with Gasteiger partial charge in [0.15, 0.2) is 0 Å². The summed E-state index contributed by atoms with van der Waals surface area (Å²) in [5.41, 5.74) is 1.83. The summed E-state index contributed by atoms with van der Waals surface area (Å²) in [6.45, 7) is 3.62. The zero-order chi connectivity index (χ0) is 15.4. The van der Waals surface area contributed by atoms with Gasteiger partial charge in [-0.25, -0.2) is 9.59 Å². The summed E-state index contributed by atoms with van der Waals surface area (Å²) in [6, 6.07) is 8.43. The number of aromatic carboxylic acids is 1. The van der Waals surface area contributed by atoms with Crippen molar-refractivity contribution < 1.29 is 19.1 Å². The van der Waals surface area contributed by atoms with E-state index in [0.29, 0.717) is 17.2 Å². The summed E-state index contributed by atoms with van der Waals surface area (Å²) in [7, 11) is 0. The van der Waals surface area contributed by atoms with Crippen LogP contribution in [0.5, 0.6) is 0 Å². The van der Waals surface area contributed by atoms with E-state index in [0.717, 1.165) is 5.56 Å². The second-order valence-electron chi connectivity index (χ2n) is 4.66. The molecule has 0 radical (unpaired) electrons. The summed E-state index contributed by atoms with van der Waals surface area (Å²) in [5.74, 6) is -0.339. The van der Waals surface area contributed by atoms with Gasteiger partial charge < -0.3 is 20.2 Å². The average Bonchev–Trinajstić information content (AvgIpc) is 2.78. The monoisotopic (exact) mass is 288 g/mol. The van der Waals surface area contributed by atoms with E-state index in [-0.39, 0.29) is 18.1 Å². The Balaban J connectivity index is 1.92. The molecule has 0 spiro atoms. The normalized spacial score (nSPS) is 10.2. The highest BCUT2D eigenvalue weighted by molar-refractivity contribution is 5.90. The van der Waals surface area contributed by atoms with Crippen molar-refractivity contribution >= 4 is 17.7 Å². The lowest BCUT2D eigenvalue weighted by atomic mass is 10.2. The molecule has 1 heterocycles. The first-order chi connectivity index (χ1) is 9.95. The molecule has 2 amide bonds. The molecular formula is C15H16N2O4. The van der Waals surface area contributed by atoms with Crippen LogP contribution in [-0.2, 0) is 6.54 Å². The highest BCUT2D eigenvalue weighted by Gasteiger charge is 2.14. The van der Waals surface area contributed by atoms with E-state index in [1.807, 2.05) is 25.1 Å². The van der Waals surface area contributed by atoms with Gasteiger partial charge in [-0.05, 0) is 37.6 Å². The van der Waals surface area contributed by atoms with Crippen LogP contribution in [-0.4, -0.2) is 17.1 Å². The minimum absolute atomic E-state index is 0.103. The van der Waals surface area contributed by atoms with Crippen LogP contribution in [0.1, 0.15) is 27.4 Å². The number of carboxylic acids is 1. The number of nitrogens with one attached hydrogen (secondary N) is 2. The molecule has 0 saturated heterocycles. The molecule has 1 aromatic heterocycles. The lowest BCUT2D eigenvalue weighted by Crippen LogP contribution is -2.28. The number of aryl methyl sites for hydroxylation is 2. The maximum atomic E-state index is 11.7. The minimum atomic E-state index is -1.05. The van der Waals surface area contributed by atoms with Gasteiger partial charge in [0.25, 0.3) is 0 Å². The van der Waals surface area contributed by atoms with Gasteiger partial charge in [-0.2, -0.15) is 0 Å². The van der Waals surface area contributed by atoms with Gasteiger partial charge in [0, 0.05) is 5.69 Å². The maximum absolute atomic E-state index is 11.7. The molecular weight excluding hydrogens is 272 g/mol. The number of amides is 2. The van der Waals surface area contributed by atoms with Crippen LogP contribution < -0.4 is 10.6 Å². The Morgan fingerprint density at radius 1 is 1.24 bits per heavy atom. The minimum Gasteiger partial charge on any atom is -0.478 e. The summed E-state index contributed by atoms with van der Waals surface area (Å²) < 4.78 is 5.27. The van der Waals surface area contributed by atoms with Crippen LogP contribution in [0, 0.1) is 13.8 Å². The second-order valence-corrected chi connectivity index (χ2v) is 4.66. The smallest absolute Gasteiger partial charge is 0.339 e. The fourth-order valence-corrected chi connectivity index (χ4v) is 1.91. The summed E-state index contributed by atoms with van der Waals surface area (Å²) in [4.78, 5) is 22.6. The van der Waals surface area contributed by atoms with E-state index >= 15 is 0 Å². The lowest BCUT2D eigenvalue weighted by Gasteiger charge is -2.06. The first kappa shape index (κ1) is 14.6. The average molecular weight is 288 g/mol. The number of furan rings is 1. The number of carbonyl (C=O) groups is 2. The number of urea groups is 1. The van der Waals surface area contributed by atoms with Crippen molar-refractivity contribution in [3.63, 3.8) is 0 Å². The van der Waals surface area contributed by atoms with Gasteiger partial charge in [-0.15, -0.1) is 0 Å². The Morgan fingerprint density at radius 3 is 2.62 bits per heavy atom. The van der Waals surface area contributed by atoms with Gasteiger partial charge in [0.1, 0.15) is 17.1 Å². The van der Waals surface area contributed by atoms with Crippen molar-refractivity contribution in [1.82, 2.24) is 5.32 Å². The first-order valence-corrected chi connectivity index (χ1v) is 6.40. The zero-order valence-electron chi connectivity index (χ0n) is 11.8. The van der Waals surface area contributed by atoms with Crippen LogP contribution in [0.4, 0.5) is 10.5 Å². The van der Waals surface area contributed by atoms with Crippen molar-refractivity contribution in [2.75, 3.05) is 5.32 Å². The Morgan fingerprint density at radius 2 is 2.00 bits per heavy atom. The number of carboxylic acid groups (broad SMARTS) is 1. The molecule has 21 heavy (non-hydrogen) atoms. The Hall–Kier alpha value is -2.76. The highest BCUT2D eigenvalue weighted by atomic mass is 16.4. The Kier molecular flexibility index (Phi) is 4.27. The SMILES string of the molecule is Cc1cccc(NC(=O)NCc2cc(C(=O)O)c(C)o2)c1. The van der Waals surface area contributed by atoms with Crippen LogP contribution >= 0.6 is 0 Å². The third-order valence-corrected chi connectivity index (χ3v) is 2.90. The molecule has 0 aliphatic heterocycles. The topological polar surface area (TPSA) is 91.6 Å². The van der Waals surface area contributed by atoms with Crippen LogP contribution in [0.25, 0.3) is 0 Å². The molecule has 2 rings (SSSR count). The predicted octanol–water partition coefficient (Wildman–Crippen LogP) is 2.92. The van der Waals surface area contributed by atoms with Gasteiger partial charge >= 0.3 is 12.0 Å². The van der Waals surface area contributed by atoms with Crippen molar-refractivity contribution in [1.29, 1.82) is 0 Å². The fourth-order valence-electron chi connectivity index (χ4n) is 1.91. The molecule has 1 aromatic carbocycles. The van der Waals surface area contributed by atoms with E-state index in [4.69, 9.17) is 9.52 Å². The van der Waals surface area contributed by atoms with E-state index in [9.17, 15) is 9.59 Å². The number of hydrogen-bond donors (Lipinski definition) is 3. The number of benzene rings is 1. The third kappa shape index (κ3) is 3.85. The van der Waals surface area contributed by atoms with Gasteiger partial charge in [-0.3, -0.25) is 0 Å². The summed E-state index contributed by atoms with van der Waals surface area (Å²) in [6.07, 6.45) is 0. The van der Waals surface area contributed by atoms with Gasteiger partial charge in [-0.1, -0.05) is 12.1 Å². The molecule has 0 saturated carbocycles. The molecule has 0 aliphatic carbocycles. The largest absolute Gasteiger partial charge is 0.478 e. The molecule has 0 bridgehead atoms. The van der Waals surface area contributed by atoms with Crippen LogP contribution in [0.15, 0.2) is 34.7 Å². The van der Waals surface area contributed by atoms with E-state index < -0.39 is 5.97 Å². The van der Waals surface area contributed by atoms with Crippen molar-refractivity contribution in [2.24, 2.45) is 0 Å². The van der Waals surface area contributed by atoms with Crippen molar-refractivity contribution in [3.8, 4) is 0 Å². The lowest BCUT2D eigenvalue weighted by molar-refractivity contribution is 0.0695. The standard InChI is InChI=1S/C15H16N2O4/c1-9-4-3-5-11(6-9)17-15(20)16-8-12-7-13(14(18)19)10(2)21-12/h3-7H,8H2,1-2H3,(H,18,19)(H2,16,17,20). The third-order valence-electron chi connectivity index (χ3n) is 2.90. The van der Waals surface area contributed by atoms with E-state index in [1.54, 1.807) is 13.0 Å². The highest BCUT2D eigenvalue weighted by Crippen LogP contribution is 2.14. The Bertz CT molecular complexity index is 676. The van der Waals surface area contributed by atoms with E-state index in [1.165, 1.54) is 6.07 Å². The maximum Gasteiger partial charge on any atom is 0.339 e. The van der Waals surface area contributed by atoms with E-state index in [2.05, 4.69) is 10.6 Å². The molecule has 3 N–H and O–H groups in total. The molecule has 0 fully saturated rings. The van der Waals surface area contributed by atoms with Crippen molar-refractivity contribution in [2.45, 2.75) is 20.4 Å². The second kappa shape index (κ2) is 6.13. The molecule has 2 aromatic rings. The molecule has 0 aliphatic rings. The molecule has 0 unspecified atom stereocenters.